The molecule has 1 aromatic rings. The van der Waals surface area contributed by atoms with E-state index in [1.54, 1.807) is 0 Å². The van der Waals surface area contributed by atoms with Crippen molar-refractivity contribution in [2.24, 2.45) is 0 Å². The summed E-state index contributed by atoms with van der Waals surface area (Å²) in [6.07, 6.45) is 2.87. The van der Waals surface area contributed by atoms with Crippen LogP contribution < -0.4 is 5.32 Å². The Bertz CT molecular complexity index is 443. The zero-order valence-corrected chi connectivity index (χ0v) is 11.4. The van der Waals surface area contributed by atoms with Gasteiger partial charge in [0.2, 0.25) is 0 Å². The minimum absolute atomic E-state index is 0.0214. The Kier molecular flexibility index (Phi) is 3.67. The van der Waals surface area contributed by atoms with Crippen LogP contribution in [0.1, 0.15) is 19.3 Å². The maximum absolute atomic E-state index is 13.2. The molecule has 2 atom stereocenters. The fraction of sp³-hybridized carbons (Fsp3) is 0.571. The lowest BCUT2D eigenvalue weighted by molar-refractivity contribution is -0.0628. The molecule has 2 fully saturated rings. The minimum atomic E-state index is -0.541. The first-order chi connectivity index (χ1) is 9.15. The van der Waals surface area contributed by atoms with Gasteiger partial charge in [-0.05, 0) is 37.1 Å². The lowest BCUT2D eigenvalue weighted by Crippen LogP contribution is -2.44. The van der Waals surface area contributed by atoms with Gasteiger partial charge in [0.05, 0.1) is 5.60 Å². The predicted molar refractivity (Wildman–Crippen MR) is 73.6 cm³/mol. The second kappa shape index (κ2) is 5.29. The van der Waals surface area contributed by atoms with Gasteiger partial charge in [0, 0.05) is 30.2 Å². The van der Waals surface area contributed by atoms with Crippen molar-refractivity contribution in [3.05, 3.63) is 29.8 Å². The molecule has 19 heavy (non-hydrogen) atoms. The summed E-state index contributed by atoms with van der Waals surface area (Å²) in [5, 5.41) is 3.24. The van der Waals surface area contributed by atoms with E-state index in [4.69, 9.17) is 4.74 Å². The van der Waals surface area contributed by atoms with Crippen molar-refractivity contribution in [3.8, 4) is 0 Å². The van der Waals surface area contributed by atoms with Crippen LogP contribution >= 0.6 is 11.8 Å². The third-order valence-electron chi connectivity index (χ3n) is 3.79. The van der Waals surface area contributed by atoms with Crippen molar-refractivity contribution in [1.82, 2.24) is 0 Å². The fourth-order valence-electron chi connectivity index (χ4n) is 2.89. The molecule has 1 aromatic carbocycles. The second-order valence-electron chi connectivity index (χ2n) is 5.33. The summed E-state index contributed by atoms with van der Waals surface area (Å²) in [5.41, 5.74) is 0.497. The molecule has 0 bridgehead atoms. The average molecular weight is 285 g/mol. The molecule has 2 heterocycles. The van der Waals surface area contributed by atoms with Crippen LogP contribution in [0.4, 0.5) is 14.5 Å². The van der Waals surface area contributed by atoms with E-state index in [-0.39, 0.29) is 11.6 Å². The molecule has 2 unspecified atom stereocenters. The number of hydrogen-bond acceptors (Lipinski definition) is 3. The van der Waals surface area contributed by atoms with Gasteiger partial charge in [0.15, 0.2) is 0 Å². The van der Waals surface area contributed by atoms with Crippen LogP contribution in [0, 0.1) is 11.6 Å². The molecule has 0 aromatic heterocycles. The van der Waals surface area contributed by atoms with Gasteiger partial charge < -0.3 is 10.1 Å². The van der Waals surface area contributed by atoms with Gasteiger partial charge in [-0.15, -0.1) is 0 Å². The molecule has 5 heteroatoms. The molecule has 2 saturated heterocycles. The number of halogens is 2. The summed E-state index contributed by atoms with van der Waals surface area (Å²) in [4.78, 5) is 0. The number of benzene rings is 1. The molecule has 2 nitrogen and oxygen atoms in total. The van der Waals surface area contributed by atoms with Crippen molar-refractivity contribution in [2.45, 2.75) is 30.9 Å². The number of ether oxygens (including phenoxy) is 1. The topological polar surface area (TPSA) is 21.3 Å². The molecule has 3 rings (SSSR count). The summed E-state index contributed by atoms with van der Waals surface area (Å²) in [6.45, 7) is 0.718. The Balaban J connectivity index is 1.69. The zero-order valence-electron chi connectivity index (χ0n) is 10.6. The Morgan fingerprint density at radius 2 is 2.05 bits per heavy atom. The van der Waals surface area contributed by atoms with Gasteiger partial charge in [0.25, 0.3) is 0 Å². The Hall–Kier alpha value is -0.810. The number of rotatable bonds is 2. The first-order valence-corrected chi connectivity index (χ1v) is 7.75. The Morgan fingerprint density at radius 3 is 2.74 bits per heavy atom. The monoisotopic (exact) mass is 285 g/mol. The smallest absolute Gasteiger partial charge is 0.128 e. The van der Waals surface area contributed by atoms with Gasteiger partial charge in [-0.25, -0.2) is 8.78 Å². The largest absolute Gasteiger partial charge is 0.382 e. The number of thioether (sulfide) groups is 1. The Morgan fingerprint density at radius 1 is 1.26 bits per heavy atom. The molecule has 0 saturated carbocycles. The third-order valence-corrected chi connectivity index (χ3v) is 5.02. The summed E-state index contributed by atoms with van der Waals surface area (Å²) < 4.78 is 32.3. The van der Waals surface area contributed by atoms with E-state index in [9.17, 15) is 8.78 Å². The maximum atomic E-state index is 13.2. The normalized spacial score (nSPS) is 30.7. The molecule has 0 aliphatic carbocycles. The van der Waals surface area contributed by atoms with Gasteiger partial charge in [-0.1, -0.05) is 0 Å². The minimum Gasteiger partial charge on any atom is -0.382 e. The van der Waals surface area contributed by atoms with Crippen LogP contribution in [-0.2, 0) is 4.74 Å². The molecule has 104 valence electrons. The first kappa shape index (κ1) is 13.2. The van der Waals surface area contributed by atoms with Crippen LogP contribution in [0.3, 0.4) is 0 Å². The highest BCUT2D eigenvalue weighted by molar-refractivity contribution is 7.99. The molecule has 2 aliphatic rings. The summed E-state index contributed by atoms with van der Waals surface area (Å²) in [5.74, 6) is 1.09. The zero-order chi connectivity index (χ0) is 13.3. The van der Waals surface area contributed by atoms with Crippen LogP contribution in [-0.4, -0.2) is 29.8 Å². The molecule has 2 aliphatic heterocycles. The average Bonchev–Trinajstić information content (AvgIpc) is 2.76. The van der Waals surface area contributed by atoms with Crippen LogP contribution in [0.5, 0.6) is 0 Å². The quantitative estimate of drug-likeness (QED) is 0.899. The van der Waals surface area contributed by atoms with Gasteiger partial charge in [-0.3, -0.25) is 0 Å². The summed E-state index contributed by atoms with van der Waals surface area (Å²) in [6, 6.07) is 3.81. The molecule has 1 spiro atoms. The van der Waals surface area contributed by atoms with Crippen molar-refractivity contribution in [3.63, 3.8) is 0 Å². The van der Waals surface area contributed by atoms with Crippen LogP contribution in [0.2, 0.25) is 0 Å². The highest BCUT2D eigenvalue weighted by Crippen LogP contribution is 2.39. The maximum Gasteiger partial charge on any atom is 0.128 e. The lowest BCUT2D eigenvalue weighted by Gasteiger charge is -2.38. The van der Waals surface area contributed by atoms with E-state index in [2.05, 4.69) is 5.32 Å². The van der Waals surface area contributed by atoms with E-state index >= 15 is 0 Å². The van der Waals surface area contributed by atoms with E-state index < -0.39 is 11.6 Å². The van der Waals surface area contributed by atoms with Crippen molar-refractivity contribution in [2.75, 3.05) is 23.4 Å². The van der Waals surface area contributed by atoms with Crippen molar-refractivity contribution >= 4 is 17.4 Å². The highest BCUT2D eigenvalue weighted by Gasteiger charge is 2.40. The predicted octanol–water partition coefficient (Wildman–Crippen LogP) is 3.43. The molecular weight excluding hydrogens is 268 g/mol. The van der Waals surface area contributed by atoms with Crippen molar-refractivity contribution < 1.29 is 13.5 Å². The number of anilines is 1. The second-order valence-corrected chi connectivity index (χ2v) is 6.43. The number of nitrogens with one attached hydrogen (secondary N) is 1. The third kappa shape index (κ3) is 3.03. The Labute approximate surface area is 115 Å². The van der Waals surface area contributed by atoms with Gasteiger partial charge in [0.1, 0.15) is 11.6 Å². The summed E-state index contributed by atoms with van der Waals surface area (Å²) >= 11 is 1.92. The highest BCUT2D eigenvalue weighted by atomic mass is 32.2. The van der Waals surface area contributed by atoms with Crippen LogP contribution in [0.15, 0.2) is 18.2 Å². The molecule has 1 N–H and O–H groups in total. The van der Waals surface area contributed by atoms with E-state index in [1.807, 2.05) is 11.8 Å². The number of hydrogen-bond donors (Lipinski definition) is 1. The SMILES string of the molecule is Fc1cc(F)cc(NC2CCOC3(CCSC3)C2)c1. The van der Waals surface area contributed by atoms with Gasteiger partial charge in [-0.2, -0.15) is 11.8 Å². The first-order valence-electron chi connectivity index (χ1n) is 6.60. The van der Waals surface area contributed by atoms with Crippen LogP contribution in [0.25, 0.3) is 0 Å². The standard InChI is InChI=1S/C14H17F2NOS/c15-10-5-11(16)7-13(6-10)17-12-1-3-18-14(8-12)2-4-19-9-14/h5-7,12,17H,1-4,8-9H2. The van der Waals surface area contributed by atoms with Crippen molar-refractivity contribution in [1.29, 1.82) is 0 Å². The molecule has 0 radical (unpaired) electrons. The fourth-order valence-corrected chi connectivity index (χ4v) is 4.27. The van der Waals surface area contributed by atoms with E-state index in [0.717, 1.165) is 43.4 Å². The van der Waals surface area contributed by atoms with E-state index in [1.165, 1.54) is 12.1 Å². The molecular formula is C14H17F2NOS. The van der Waals surface area contributed by atoms with Gasteiger partial charge >= 0.3 is 0 Å². The van der Waals surface area contributed by atoms with E-state index in [0.29, 0.717) is 5.69 Å². The lowest BCUT2D eigenvalue weighted by atomic mass is 9.90. The summed E-state index contributed by atoms with van der Waals surface area (Å²) in [7, 11) is 0. The molecule has 0 amide bonds.